The summed E-state index contributed by atoms with van der Waals surface area (Å²) in [5.74, 6) is 0.951. The molecule has 7 heteroatoms. The highest BCUT2D eigenvalue weighted by atomic mass is 35.5. The zero-order valence-electron chi connectivity index (χ0n) is 10.7. The highest BCUT2D eigenvalue weighted by Crippen LogP contribution is 2.08. The molecule has 0 radical (unpaired) electrons. The minimum absolute atomic E-state index is 0. The highest BCUT2D eigenvalue weighted by molar-refractivity contribution is 7.85. The number of benzene rings is 1. The van der Waals surface area contributed by atoms with Gasteiger partial charge in [-0.25, -0.2) is 0 Å². The molecular weight excluding hydrogens is 294 g/mol. The minimum atomic E-state index is -4.02. The van der Waals surface area contributed by atoms with Gasteiger partial charge in [0, 0.05) is 12.3 Å². The maximum atomic E-state index is 10.5. The fourth-order valence-electron chi connectivity index (χ4n) is 0.910. The van der Waals surface area contributed by atoms with Gasteiger partial charge in [-0.05, 0) is 33.2 Å². The number of rotatable bonds is 3. The Labute approximate surface area is 121 Å². The zero-order valence-corrected chi connectivity index (χ0v) is 13.2. The molecule has 0 spiro atoms. The van der Waals surface area contributed by atoms with Crippen molar-refractivity contribution in [1.82, 2.24) is 4.90 Å². The molecule has 0 atom stereocenters. The molecule has 0 fully saturated rings. The molecule has 0 aromatic heterocycles. The molecule has 1 aromatic carbocycles. The van der Waals surface area contributed by atoms with Gasteiger partial charge >= 0.3 is 0 Å². The van der Waals surface area contributed by atoms with E-state index < -0.39 is 10.1 Å². The molecule has 18 heavy (non-hydrogen) atoms. The van der Waals surface area contributed by atoms with E-state index in [1.165, 1.54) is 12.1 Å². The van der Waals surface area contributed by atoms with Crippen LogP contribution in [0.1, 0.15) is 5.56 Å². The lowest BCUT2D eigenvalue weighted by atomic mass is 10.2. The van der Waals surface area contributed by atoms with E-state index in [1.807, 2.05) is 21.0 Å². The molecule has 0 saturated carbocycles. The largest absolute Gasteiger partial charge is 0.309 e. The van der Waals surface area contributed by atoms with Crippen LogP contribution in [0.5, 0.6) is 0 Å². The van der Waals surface area contributed by atoms with Gasteiger partial charge in [-0.3, -0.25) is 4.55 Å². The molecule has 4 nitrogen and oxygen atoms in total. The Balaban J connectivity index is 0. The summed E-state index contributed by atoms with van der Waals surface area (Å²) in [7, 11) is 0.0563. The van der Waals surface area contributed by atoms with Crippen molar-refractivity contribution < 1.29 is 13.0 Å². The van der Waals surface area contributed by atoms with Crippen LogP contribution in [0, 0.1) is 6.92 Å². The van der Waals surface area contributed by atoms with Crippen LogP contribution in [0.25, 0.3) is 0 Å². The smallest absolute Gasteiger partial charge is 0.294 e. The lowest BCUT2D eigenvalue weighted by molar-refractivity contribution is 0.438. The number of hydrogen-bond acceptors (Lipinski definition) is 4. The average molecular weight is 314 g/mol. The van der Waals surface area contributed by atoms with E-state index in [9.17, 15) is 8.42 Å². The van der Waals surface area contributed by atoms with E-state index in [0.717, 1.165) is 17.9 Å². The van der Waals surface area contributed by atoms with Crippen molar-refractivity contribution in [3.05, 3.63) is 29.8 Å². The fraction of sp³-hybridized carbons (Fsp3) is 0.455. The standard InChI is InChI=1S/C7H8O3S.C4H11NS.ClH/c1-6-2-4-7(5-3-6)11(8,9)10;1-5(2)3-4-6;/h2-5H,1H3,(H,8,9,10);6H,3-4H2,1-2H3;1H. The van der Waals surface area contributed by atoms with Gasteiger partial charge in [-0.15, -0.1) is 12.4 Å². The molecule has 0 heterocycles. The van der Waals surface area contributed by atoms with Gasteiger partial charge in [-0.2, -0.15) is 21.0 Å². The van der Waals surface area contributed by atoms with Crippen molar-refractivity contribution >= 4 is 35.2 Å². The van der Waals surface area contributed by atoms with E-state index in [1.54, 1.807) is 12.1 Å². The molecule has 1 N–H and O–H groups in total. The van der Waals surface area contributed by atoms with Crippen LogP contribution >= 0.6 is 25.0 Å². The van der Waals surface area contributed by atoms with Gasteiger partial charge < -0.3 is 4.90 Å². The third-order valence-corrected chi connectivity index (χ3v) is 2.93. The SMILES string of the molecule is CN(C)CCS.Cc1ccc(S(=O)(=O)O)cc1.Cl. The van der Waals surface area contributed by atoms with Crippen LogP contribution in [0.15, 0.2) is 29.2 Å². The van der Waals surface area contributed by atoms with Crippen LogP contribution in [0.2, 0.25) is 0 Å². The third-order valence-electron chi connectivity index (χ3n) is 1.87. The van der Waals surface area contributed by atoms with Gasteiger partial charge in [0.2, 0.25) is 0 Å². The molecule has 0 amide bonds. The molecule has 0 aliphatic carbocycles. The topological polar surface area (TPSA) is 57.6 Å². The van der Waals surface area contributed by atoms with Crippen molar-refractivity contribution in [2.75, 3.05) is 26.4 Å². The first-order valence-corrected chi connectivity index (χ1v) is 7.14. The number of hydrogen-bond donors (Lipinski definition) is 2. The van der Waals surface area contributed by atoms with Gasteiger partial charge in [0.1, 0.15) is 0 Å². The van der Waals surface area contributed by atoms with Crippen LogP contribution in [0.3, 0.4) is 0 Å². The first-order chi connectivity index (χ1) is 7.77. The summed E-state index contributed by atoms with van der Waals surface area (Å²) in [4.78, 5) is 2.04. The van der Waals surface area contributed by atoms with Crippen molar-refractivity contribution in [2.24, 2.45) is 0 Å². The van der Waals surface area contributed by atoms with Crippen molar-refractivity contribution in [1.29, 1.82) is 0 Å². The molecule has 0 bridgehead atoms. The second-order valence-electron chi connectivity index (χ2n) is 3.82. The number of thiol groups is 1. The summed E-state index contributed by atoms with van der Waals surface area (Å²) in [6.45, 7) is 2.91. The minimum Gasteiger partial charge on any atom is -0.309 e. The third kappa shape index (κ3) is 9.73. The van der Waals surface area contributed by atoms with Crippen LogP contribution in [-0.2, 0) is 10.1 Å². The normalized spacial score (nSPS) is 10.3. The molecule has 1 aromatic rings. The molecular formula is C11H20ClNO3S2. The van der Waals surface area contributed by atoms with E-state index in [-0.39, 0.29) is 17.3 Å². The number of aryl methyl sites for hydroxylation is 1. The Morgan fingerprint density at radius 2 is 1.67 bits per heavy atom. The molecule has 0 aliphatic heterocycles. The van der Waals surface area contributed by atoms with Gasteiger partial charge in [0.05, 0.1) is 4.90 Å². The Hall–Kier alpha value is -0.270. The van der Waals surface area contributed by atoms with Crippen molar-refractivity contribution in [3.8, 4) is 0 Å². The Morgan fingerprint density at radius 3 is 1.89 bits per heavy atom. The van der Waals surface area contributed by atoms with E-state index in [4.69, 9.17) is 4.55 Å². The summed E-state index contributed by atoms with van der Waals surface area (Å²) < 4.78 is 29.6. The van der Waals surface area contributed by atoms with E-state index >= 15 is 0 Å². The monoisotopic (exact) mass is 313 g/mol. The van der Waals surface area contributed by atoms with E-state index in [0.29, 0.717) is 0 Å². The Bertz CT molecular complexity index is 418. The van der Waals surface area contributed by atoms with E-state index in [2.05, 4.69) is 17.5 Å². The zero-order chi connectivity index (χ0) is 13.5. The quantitative estimate of drug-likeness (QED) is 0.663. The first-order valence-electron chi connectivity index (χ1n) is 5.07. The Morgan fingerprint density at radius 1 is 1.22 bits per heavy atom. The summed E-state index contributed by atoms with van der Waals surface area (Å²) in [5, 5.41) is 0. The second-order valence-corrected chi connectivity index (χ2v) is 5.68. The molecule has 106 valence electrons. The fourth-order valence-corrected chi connectivity index (χ4v) is 1.79. The van der Waals surface area contributed by atoms with Crippen molar-refractivity contribution in [2.45, 2.75) is 11.8 Å². The van der Waals surface area contributed by atoms with Gasteiger partial charge in [0.25, 0.3) is 10.1 Å². The molecule has 0 saturated heterocycles. The van der Waals surface area contributed by atoms with Crippen molar-refractivity contribution in [3.63, 3.8) is 0 Å². The maximum Gasteiger partial charge on any atom is 0.294 e. The van der Waals surface area contributed by atoms with Gasteiger partial charge in [0.15, 0.2) is 0 Å². The van der Waals surface area contributed by atoms with Crippen LogP contribution in [-0.4, -0.2) is 44.3 Å². The van der Waals surface area contributed by atoms with Crippen LogP contribution in [0.4, 0.5) is 0 Å². The van der Waals surface area contributed by atoms with Crippen LogP contribution < -0.4 is 0 Å². The average Bonchev–Trinajstić information content (AvgIpc) is 2.17. The highest BCUT2D eigenvalue weighted by Gasteiger charge is 2.06. The predicted octanol–water partition coefficient (Wildman–Crippen LogP) is 2.14. The second kappa shape index (κ2) is 9.63. The lowest BCUT2D eigenvalue weighted by Crippen LogP contribution is -2.13. The summed E-state index contributed by atoms with van der Waals surface area (Å²) in [6, 6.07) is 5.99. The summed E-state index contributed by atoms with van der Waals surface area (Å²) in [5.41, 5.74) is 0.956. The lowest BCUT2D eigenvalue weighted by Gasteiger charge is -2.03. The predicted molar refractivity (Wildman–Crippen MR) is 80.6 cm³/mol. The summed E-state index contributed by atoms with van der Waals surface area (Å²) in [6.07, 6.45) is 0. The maximum absolute atomic E-state index is 10.5. The number of halogens is 1. The summed E-state index contributed by atoms with van der Waals surface area (Å²) >= 11 is 4.02. The first kappa shape index (κ1) is 20.1. The molecule has 0 unspecified atom stereocenters. The van der Waals surface area contributed by atoms with Gasteiger partial charge in [-0.1, -0.05) is 17.7 Å². The Kier molecular flexibility index (Phi) is 10.7. The number of nitrogens with zero attached hydrogens (tertiary/aromatic N) is 1. The molecule has 1 rings (SSSR count). The molecule has 0 aliphatic rings.